The Bertz CT molecular complexity index is 416. The van der Waals surface area contributed by atoms with Crippen molar-refractivity contribution in [3.8, 4) is 0 Å². The summed E-state index contributed by atoms with van der Waals surface area (Å²) in [6, 6.07) is 7.77. The van der Waals surface area contributed by atoms with Crippen LogP contribution in [0.2, 0.25) is 5.02 Å². The second-order valence-corrected chi connectivity index (χ2v) is 5.56. The molecule has 1 aliphatic heterocycles. The summed E-state index contributed by atoms with van der Waals surface area (Å²) in [4.78, 5) is 11.7. The average Bonchev–Trinajstić information content (AvgIpc) is 2.89. The van der Waals surface area contributed by atoms with E-state index in [0.29, 0.717) is 18.9 Å². The van der Waals surface area contributed by atoms with Crippen LogP contribution in [0.3, 0.4) is 0 Å². The molecular formula is C15H21ClN2O. The van der Waals surface area contributed by atoms with Crippen LogP contribution in [0.5, 0.6) is 0 Å². The van der Waals surface area contributed by atoms with Gasteiger partial charge in [0.1, 0.15) is 0 Å². The number of hydrogen-bond donors (Lipinski definition) is 2. The van der Waals surface area contributed by atoms with E-state index in [1.54, 1.807) is 0 Å². The maximum atomic E-state index is 11.7. The van der Waals surface area contributed by atoms with Crippen LogP contribution >= 0.6 is 11.6 Å². The lowest BCUT2D eigenvalue weighted by molar-refractivity contribution is -0.121. The molecule has 0 spiro atoms. The Morgan fingerprint density at radius 2 is 2.37 bits per heavy atom. The highest BCUT2D eigenvalue weighted by Crippen LogP contribution is 2.14. The zero-order valence-corrected chi connectivity index (χ0v) is 11.9. The van der Waals surface area contributed by atoms with Gasteiger partial charge in [-0.15, -0.1) is 0 Å². The van der Waals surface area contributed by atoms with E-state index in [1.165, 1.54) is 6.42 Å². The van der Waals surface area contributed by atoms with E-state index >= 15 is 0 Å². The third kappa shape index (κ3) is 5.21. The molecule has 0 bridgehead atoms. The van der Waals surface area contributed by atoms with Crippen molar-refractivity contribution in [2.45, 2.75) is 25.7 Å². The van der Waals surface area contributed by atoms with Crippen molar-refractivity contribution in [3.63, 3.8) is 0 Å². The first-order valence-corrected chi connectivity index (χ1v) is 7.33. The van der Waals surface area contributed by atoms with Crippen molar-refractivity contribution in [2.24, 2.45) is 5.92 Å². The van der Waals surface area contributed by atoms with Crippen LogP contribution in [0.15, 0.2) is 24.3 Å². The van der Waals surface area contributed by atoms with E-state index in [0.717, 1.165) is 36.5 Å². The smallest absolute Gasteiger partial charge is 0.220 e. The van der Waals surface area contributed by atoms with Gasteiger partial charge in [0.05, 0.1) is 0 Å². The number of halogens is 1. The summed E-state index contributed by atoms with van der Waals surface area (Å²) in [5.74, 6) is 0.840. The van der Waals surface area contributed by atoms with Crippen LogP contribution in [0.25, 0.3) is 0 Å². The fourth-order valence-corrected chi connectivity index (χ4v) is 2.64. The van der Waals surface area contributed by atoms with Gasteiger partial charge in [0.15, 0.2) is 0 Å². The maximum Gasteiger partial charge on any atom is 0.220 e. The second kappa shape index (κ2) is 7.51. The molecule has 1 aliphatic rings. The van der Waals surface area contributed by atoms with Crippen LogP contribution in [0, 0.1) is 5.92 Å². The Morgan fingerprint density at radius 1 is 1.47 bits per heavy atom. The minimum Gasteiger partial charge on any atom is -0.356 e. The first-order chi connectivity index (χ1) is 9.24. The summed E-state index contributed by atoms with van der Waals surface area (Å²) < 4.78 is 0. The van der Waals surface area contributed by atoms with E-state index in [9.17, 15) is 4.79 Å². The van der Waals surface area contributed by atoms with Crippen molar-refractivity contribution in [1.29, 1.82) is 0 Å². The molecular weight excluding hydrogens is 260 g/mol. The molecule has 2 N–H and O–H groups in total. The fourth-order valence-electron chi connectivity index (χ4n) is 2.42. The lowest BCUT2D eigenvalue weighted by atomic mass is 10.0. The molecule has 1 saturated heterocycles. The Kier molecular flexibility index (Phi) is 5.67. The monoisotopic (exact) mass is 280 g/mol. The molecule has 0 aromatic heterocycles. The molecule has 1 unspecified atom stereocenters. The van der Waals surface area contributed by atoms with Crippen molar-refractivity contribution in [1.82, 2.24) is 10.6 Å². The summed E-state index contributed by atoms with van der Waals surface area (Å²) in [6.45, 7) is 2.85. The second-order valence-electron chi connectivity index (χ2n) is 5.13. The minimum absolute atomic E-state index is 0.161. The zero-order valence-electron chi connectivity index (χ0n) is 11.1. The first-order valence-electron chi connectivity index (χ1n) is 6.96. The van der Waals surface area contributed by atoms with Crippen molar-refractivity contribution in [3.05, 3.63) is 34.9 Å². The molecule has 104 valence electrons. The Hall–Kier alpha value is -1.06. The molecule has 2 rings (SSSR count). The predicted molar refractivity (Wildman–Crippen MR) is 78.4 cm³/mol. The standard InChI is InChI=1S/C15H21ClN2O/c16-14-3-1-2-12(10-14)7-9-18-15(19)5-4-13-6-8-17-11-13/h1-3,10,13,17H,4-9,11H2,(H,18,19). The summed E-state index contributed by atoms with van der Waals surface area (Å²) in [7, 11) is 0. The third-order valence-corrected chi connectivity index (χ3v) is 3.80. The van der Waals surface area contributed by atoms with Crippen LogP contribution in [-0.2, 0) is 11.2 Å². The molecule has 0 saturated carbocycles. The highest BCUT2D eigenvalue weighted by Gasteiger charge is 2.15. The van der Waals surface area contributed by atoms with Crippen molar-refractivity contribution in [2.75, 3.05) is 19.6 Å². The Morgan fingerprint density at radius 3 is 3.11 bits per heavy atom. The Labute approximate surface area is 119 Å². The zero-order chi connectivity index (χ0) is 13.5. The molecule has 3 nitrogen and oxygen atoms in total. The molecule has 0 aliphatic carbocycles. The predicted octanol–water partition coefficient (Wildman–Crippen LogP) is 2.39. The van der Waals surface area contributed by atoms with E-state index in [2.05, 4.69) is 10.6 Å². The number of amides is 1. The SMILES string of the molecule is O=C(CCC1CCNC1)NCCc1cccc(Cl)c1. The normalized spacial score (nSPS) is 18.5. The van der Waals surface area contributed by atoms with Gasteiger partial charge in [-0.05, 0) is 56.0 Å². The van der Waals surface area contributed by atoms with Gasteiger partial charge in [0, 0.05) is 18.0 Å². The summed E-state index contributed by atoms with van der Waals surface area (Å²) >= 11 is 5.92. The highest BCUT2D eigenvalue weighted by atomic mass is 35.5. The van der Waals surface area contributed by atoms with Gasteiger partial charge in [-0.1, -0.05) is 23.7 Å². The minimum atomic E-state index is 0.161. The number of nitrogens with one attached hydrogen (secondary N) is 2. The van der Waals surface area contributed by atoms with E-state index in [4.69, 9.17) is 11.6 Å². The molecule has 0 radical (unpaired) electrons. The molecule has 1 fully saturated rings. The Balaban J connectivity index is 1.60. The number of benzene rings is 1. The van der Waals surface area contributed by atoms with Gasteiger partial charge >= 0.3 is 0 Å². The van der Waals surface area contributed by atoms with Crippen molar-refractivity contribution >= 4 is 17.5 Å². The van der Waals surface area contributed by atoms with Gasteiger partial charge in [0.2, 0.25) is 5.91 Å². The van der Waals surface area contributed by atoms with E-state index < -0.39 is 0 Å². The van der Waals surface area contributed by atoms with Crippen LogP contribution in [0.4, 0.5) is 0 Å². The largest absolute Gasteiger partial charge is 0.356 e. The van der Waals surface area contributed by atoms with Gasteiger partial charge in [-0.2, -0.15) is 0 Å². The molecule has 1 heterocycles. The molecule has 1 amide bonds. The number of hydrogen-bond acceptors (Lipinski definition) is 2. The average molecular weight is 281 g/mol. The quantitative estimate of drug-likeness (QED) is 0.840. The van der Waals surface area contributed by atoms with Crippen LogP contribution in [-0.4, -0.2) is 25.5 Å². The van der Waals surface area contributed by atoms with E-state index in [1.807, 2.05) is 24.3 Å². The molecule has 19 heavy (non-hydrogen) atoms. The fraction of sp³-hybridized carbons (Fsp3) is 0.533. The maximum absolute atomic E-state index is 11.7. The van der Waals surface area contributed by atoms with Gasteiger partial charge < -0.3 is 10.6 Å². The third-order valence-electron chi connectivity index (χ3n) is 3.57. The van der Waals surface area contributed by atoms with Gasteiger partial charge in [-0.3, -0.25) is 4.79 Å². The van der Waals surface area contributed by atoms with Crippen LogP contribution < -0.4 is 10.6 Å². The number of carbonyl (C=O) groups is 1. The molecule has 4 heteroatoms. The molecule has 1 aromatic carbocycles. The van der Waals surface area contributed by atoms with E-state index in [-0.39, 0.29) is 5.91 Å². The summed E-state index contributed by atoms with van der Waals surface area (Å²) in [5.41, 5.74) is 1.16. The number of rotatable bonds is 6. The van der Waals surface area contributed by atoms with Crippen molar-refractivity contribution < 1.29 is 4.79 Å². The lowest BCUT2D eigenvalue weighted by Crippen LogP contribution is -2.26. The lowest BCUT2D eigenvalue weighted by Gasteiger charge is -2.08. The first kappa shape index (κ1) is 14.4. The molecule has 1 atom stereocenters. The van der Waals surface area contributed by atoms with Crippen LogP contribution in [0.1, 0.15) is 24.8 Å². The number of carbonyl (C=O) groups excluding carboxylic acids is 1. The summed E-state index contributed by atoms with van der Waals surface area (Å²) in [6.07, 6.45) is 3.67. The highest BCUT2D eigenvalue weighted by molar-refractivity contribution is 6.30. The van der Waals surface area contributed by atoms with Gasteiger partial charge in [-0.25, -0.2) is 0 Å². The van der Waals surface area contributed by atoms with Gasteiger partial charge in [0.25, 0.3) is 0 Å². The topological polar surface area (TPSA) is 41.1 Å². The summed E-state index contributed by atoms with van der Waals surface area (Å²) in [5, 5.41) is 7.04. The molecule has 1 aromatic rings.